The summed E-state index contributed by atoms with van der Waals surface area (Å²) in [5, 5.41) is 0. The molecule has 18 heavy (non-hydrogen) atoms. The van der Waals surface area contributed by atoms with Crippen molar-refractivity contribution >= 4 is 27.7 Å². The maximum absolute atomic E-state index is 3.50. The number of benzene rings is 2. The van der Waals surface area contributed by atoms with Crippen LogP contribution in [0, 0.1) is 0 Å². The van der Waals surface area contributed by atoms with E-state index in [1.807, 2.05) is 11.8 Å². The van der Waals surface area contributed by atoms with E-state index in [9.17, 15) is 0 Å². The smallest absolute Gasteiger partial charge is 0.0628 e. The largest absolute Gasteiger partial charge is 0.146 e. The summed E-state index contributed by atoms with van der Waals surface area (Å²) >= 11 is 5.48. The summed E-state index contributed by atoms with van der Waals surface area (Å²) in [5.74, 6) is 1.10. The van der Waals surface area contributed by atoms with E-state index >= 15 is 0 Å². The molecular weight excluding hydrogens is 304 g/mol. The second-order valence-electron chi connectivity index (χ2n) is 4.34. The fourth-order valence-electron chi connectivity index (χ4n) is 2.15. The van der Waals surface area contributed by atoms with Gasteiger partial charge in [-0.25, -0.2) is 0 Å². The molecule has 0 nitrogen and oxygen atoms in total. The summed E-state index contributed by atoms with van der Waals surface area (Å²) in [4.78, 5) is 0. The summed E-state index contributed by atoms with van der Waals surface area (Å²) in [7, 11) is 0. The molecule has 0 aliphatic rings. The summed E-state index contributed by atoms with van der Waals surface area (Å²) in [6.45, 7) is 4.52. The van der Waals surface area contributed by atoms with E-state index in [-0.39, 0.29) is 4.75 Å². The molecule has 0 radical (unpaired) electrons. The number of thioether (sulfide) groups is 1. The molecule has 1 atom stereocenters. The van der Waals surface area contributed by atoms with Gasteiger partial charge in [-0.15, -0.1) is 11.8 Å². The van der Waals surface area contributed by atoms with Crippen LogP contribution in [-0.2, 0) is 4.75 Å². The van der Waals surface area contributed by atoms with Gasteiger partial charge in [-0.05, 0) is 35.9 Å². The van der Waals surface area contributed by atoms with Crippen molar-refractivity contribution in [2.75, 3.05) is 5.75 Å². The highest BCUT2D eigenvalue weighted by Gasteiger charge is 2.28. The molecule has 0 aromatic heterocycles. The minimum atomic E-state index is 0.0245. The van der Waals surface area contributed by atoms with E-state index in [1.54, 1.807) is 0 Å². The third-order valence-electron chi connectivity index (χ3n) is 3.15. The van der Waals surface area contributed by atoms with Crippen molar-refractivity contribution in [2.45, 2.75) is 18.6 Å². The van der Waals surface area contributed by atoms with Gasteiger partial charge in [0.25, 0.3) is 0 Å². The minimum absolute atomic E-state index is 0.0245. The van der Waals surface area contributed by atoms with Crippen molar-refractivity contribution in [3.63, 3.8) is 0 Å². The third-order valence-corrected chi connectivity index (χ3v) is 5.02. The van der Waals surface area contributed by atoms with Gasteiger partial charge in [0, 0.05) is 4.47 Å². The zero-order valence-electron chi connectivity index (χ0n) is 10.7. The van der Waals surface area contributed by atoms with Crippen LogP contribution in [0.4, 0.5) is 0 Å². The molecular formula is C16H17BrS. The van der Waals surface area contributed by atoms with Crippen molar-refractivity contribution in [1.29, 1.82) is 0 Å². The van der Waals surface area contributed by atoms with Crippen LogP contribution in [0.25, 0.3) is 0 Å². The van der Waals surface area contributed by atoms with Crippen molar-refractivity contribution in [1.82, 2.24) is 0 Å². The molecule has 1 unspecified atom stereocenters. The molecule has 2 aromatic rings. The molecule has 0 aliphatic heterocycles. The fourth-order valence-corrected chi connectivity index (χ4v) is 3.59. The van der Waals surface area contributed by atoms with Crippen LogP contribution in [0.5, 0.6) is 0 Å². The molecule has 0 aliphatic carbocycles. The molecule has 2 rings (SSSR count). The monoisotopic (exact) mass is 320 g/mol. The van der Waals surface area contributed by atoms with E-state index in [0.29, 0.717) is 0 Å². The molecule has 0 saturated heterocycles. The first-order valence-electron chi connectivity index (χ1n) is 6.12. The SMILES string of the molecule is CCSC(C)(c1ccccc1)c1ccc(Br)cc1. The van der Waals surface area contributed by atoms with Gasteiger partial charge in [-0.3, -0.25) is 0 Å². The molecule has 0 heterocycles. The van der Waals surface area contributed by atoms with Crippen LogP contribution < -0.4 is 0 Å². The van der Waals surface area contributed by atoms with Crippen molar-refractivity contribution in [3.05, 3.63) is 70.2 Å². The Morgan fingerprint density at radius 2 is 1.50 bits per heavy atom. The molecule has 94 valence electrons. The summed E-state index contributed by atoms with van der Waals surface area (Å²) in [5.41, 5.74) is 2.71. The molecule has 0 saturated carbocycles. The van der Waals surface area contributed by atoms with Gasteiger partial charge in [-0.2, -0.15) is 0 Å². The molecule has 0 N–H and O–H groups in total. The average Bonchev–Trinajstić information content (AvgIpc) is 2.40. The zero-order chi connectivity index (χ0) is 13.0. The standard InChI is InChI=1S/C16H17BrS/c1-3-18-16(2,13-7-5-4-6-8-13)14-9-11-15(17)12-10-14/h4-12H,3H2,1-2H3. The van der Waals surface area contributed by atoms with Crippen molar-refractivity contribution in [2.24, 2.45) is 0 Å². The quantitative estimate of drug-likeness (QED) is 0.720. The fraction of sp³-hybridized carbons (Fsp3) is 0.250. The van der Waals surface area contributed by atoms with Crippen LogP contribution in [0.15, 0.2) is 59.1 Å². The third kappa shape index (κ3) is 2.81. The highest BCUT2D eigenvalue weighted by molar-refractivity contribution is 9.10. The number of halogens is 1. The molecule has 2 heteroatoms. The lowest BCUT2D eigenvalue weighted by Gasteiger charge is -2.30. The number of rotatable bonds is 4. The topological polar surface area (TPSA) is 0 Å². The highest BCUT2D eigenvalue weighted by Crippen LogP contribution is 2.42. The van der Waals surface area contributed by atoms with E-state index in [0.717, 1.165) is 10.2 Å². The summed E-state index contributed by atoms with van der Waals surface area (Å²) < 4.78 is 1.15. The van der Waals surface area contributed by atoms with Crippen LogP contribution in [0.1, 0.15) is 25.0 Å². The lowest BCUT2D eigenvalue weighted by Crippen LogP contribution is -2.19. The second kappa shape index (κ2) is 5.94. The van der Waals surface area contributed by atoms with Crippen LogP contribution in [0.3, 0.4) is 0 Å². The summed E-state index contributed by atoms with van der Waals surface area (Å²) in [6, 6.07) is 19.4. The first-order chi connectivity index (χ1) is 8.66. The van der Waals surface area contributed by atoms with Gasteiger partial charge in [0.15, 0.2) is 0 Å². The maximum atomic E-state index is 3.50. The molecule has 2 aromatic carbocycles. The first kappa shape index (κ1) is 13.7. The van der Waals surface area contributed by atoms with E-state index in [1.165, 1.54) is 11.1 Å². The molecule has 0 fully saturated rings. The van der Waals surface area contributed by atoms with Crippen LogP contribution in [0.2, 0.25) is 0 Å². The summed E-state index contributed by atoms with van der Waals surface area (Å²) in [6.07, 6.45) is 0. The van der Waals surface area contributed by atoms with Gasteiger partial charge >= 0.3 is 0 Å². The van der Waals surface area contributed by atoms with Crippen LogP contribution in [-0.4, -0.2) is 5.75 Å². The molecule has 0 amide bonds. The second-order valence-corrected chi connectivity index (χ2v) is 6.94. The predicted molar refractivity (Wildman–Crippen MR) is 85.2 cm³/mol. The lowest BCUT2D eigenvalue weighted by molar-refractivity contribution is 0.838. The van der Waals surface area contributed by atoms with E-state index in [4.69, 9.17) is 0 Å². The Hall–Kier alpha value is -0.730. The maximum Gasteiger partial charge on any atom is 0.0628 e. The van der Waals surface area contributed by atoms with Crippen molar-refractivity contribution in [3.8, 4) is 0 Å². The van der Waals surface area contributed by atoms with Gasteiger partial charge in [0.2, 0.25) is 0 Å². The average molecular weight is 321 g/mol. The number of hydrogen-bond donors (Lipinski definition) is 0. The normalized spacial score (nSPS) is 14.2. The van der Waals surface area contributed by atoms with E-state index in [2.05, 4.69) is 84.4 Å². The van der Waals surface area contributed by atoms with Crippen LogP contribution >= 0.6 is 27.7 Å². The molecule has 0 bridgehead atoms. The Bertz CT molecular complexity index is 492. The van der Waals surface area contributed by atoms with Gasteiger partial charge in [0.1, 0.15) is 0 Å². The zero-order valence-corrected chi connectivity index (χ0v) is 13.1. The Morgan fingerprint density at radius 1 is 0.944 bits per heavy atom. The molecule has 0 spiro atoms. The van der Waals surface area contributed by atoms with E-state index < -0.39 is 0 Å². The predicted octanol–water partition coefficient (Wildman–Crippen LogP) is 5.47. The highest BCUT2D eigenvalue weighted by atomic mass is 79.9. The number of hydrogen-bond acceptors (Lipinski definition) is 1. The van der Waals surface area contributed by atoms with Gasteiger partial charge in [0.05, 0.1) is 4.75 Å². The van der Waals surface area contributed by atoms with Gasteiger partial charge < -0.3 is 0 Å². The Morgan fingerprint density at radius 3 is 2.06 bits per heavy atom. The Kier molecular flexibility index (Phi) is 4.52. The lowest BCUT2D eigenvalue weighted by atomic mass is 9.92. The minimum Gasteiger partial charge on any atom is -0.146 e. The van der Waals surface area contributed by atoms with Gasteiger partial charge in [-0.1, -0.05) is 65.3 Å². The Labute approximate surface area is 122 Å². The first-order valence-corrected chi connectivity index (χ1v) is 7.90. The van der Waals surface area contributed by atoms with Crippen molar-refractivity contribution < 1.29 is 0 Å². The Balaban J connectivity index is 2.47.